The van der Waals surface area contributed by atoms with E-state index in [2.05, 4.69) is 15.5 Å². The molecule has 1 aromatic heterocycles. The fourth-order valence-electron chi connectivity index (χ4n) is 2.41. The zero-order valence-electron chi connectivity index (χ0n) is 13.3. The van der Waals surface area contributed by atoms with Crippen molar-refractivity contribution >= 4 is 28.3 Å². The number of carboxylic acid groups (broad SMARTS) is 1. The summed E-state index contributed by atoms with van der Waals surface area (Å²) >= 11 is 0. The van der Waals surface area contributed by atoms with Gasteiger partial charge in [0.1, 0.15) is 12.1 Å². The minimum absolute atomic E-state index is 0.185. The van der Waals surface area contributed by atoms with Crippen molar-refractivity contribution in [3.63, 3.8) is 0 Å². The van der Waals surface area contributed by atoms with Crippen LogP contribution in [0.3, 0.4) is 0 Å². The normalized spacial score (nSPS) is 9.77. The van der Waals surface area contributed by atoms with Crippen LogP contribution >= 0.6 is 0 Å². The van der Waals surface area contributed by atoms with Crippen molar-refractivity contribution in [1.29, 1.82) is 10.5 Å². The third-order valence-corrected chi connectivity index (χ3v) is 3.64. The minimum atomic E-state index is -1.02. The number of carboxylic acids is 1. The molecule has 2 aromatic carbocycles. The van der Waals surface area contributed by atoms with E-state index in [1.807, 2.05) is 0 Å². The summed E-state index contributed by atoms with van der Waals surface area (Å²) in [6, 6.07) is 18.8. The zero-order chi connectivity index (χ0) is 18.5. The van der Waals surface area contributed by atoms with E-state index in [0.29, 0.717) is 22.3 Å². The number of hydrogen-bond acceptors (Lipinski definition) is 6. The number of aromatic carboxylic acids is 1. The number of para-hydroxylation sites is 1. The van der Waals surface area contributed by atoms with Crippen LogP contribution in [0.5, 0.6) is 0 Å². The Hall–Kier alpha value is -4.23. The van der Waals surface area contributed by atoms with Gasteiger partial charge in [0.15, 0.2) is 0 Å². The van der Waals surface area contributed by atoms with Crippen LogP contribution in [0.15, 0.2) is 59.7 Å². The van der Waals surface area contributed by atoms with Crippen molar-refractivity contribution < 1.29 is 9.90 Å². The lowest BCUT2D eigenvalue weighted by Gasteiger charge is -2.08. The van der Waals surface area contributed by atoms with Gasteiger partial charge in [-0.3, -0.25) is 5.43 Å². The molecule has 2 N–H and O–H groups in total. The molecule has 0 saturated carbocycles. The van der Waals surface area contributed by atoms with Gasteiger partial charge >= 0.3 is 5.97 Å². The van der Waals surface area contributed by atoms with Crippen molar-refractivity contribution in [2.24, 2.45) is 5.10 Å². The molecular weight excluding hydrogens is 330 g/mol. The maximum absolute atomic E-state index is 11.6. The molecule has 0 aliphatic carbocycles. The number of fused-ring (bicyclic) bond motifs is 1. The first-order chi connectivity index (χ1) is 12.6. The molecule has 0 aliphatic rings. The number of nitriles is 2. The van der Waals surface area contributed by atoms with E-state index in [-0.39, 0.29) is 11.3 Å². The number of nitrogens with zero attached hydrogens (tertiary/aromatic N) is 4. The first kappa shape index (κ1) is 16.6. The van der Waals surface area contributed by atoms with Gasteiger partial charge in [-0.05, 0) is 24.3 Å². The lowest BCUT2D eigenvalue weighted by atomic mass is 10.0. The highest BCUT2D eigenvalue weighted by molar-refractivity contribution is 6.10. The Morgan fingerprint density at radius 3 is 2.42 bits per heavy atom. The molecule has 3 rings (SSSR count). The molecule has 0 spiro atoms. The van der Waals surface area contributed by atoms with E-state index in [0.717, 1.165) is 5.56 Å². The molecule has 26 heavy (non-hydrogen) atoms. The second kappa shape index (κ2) is 7.12. The predicted molar refractivity (Wildman–Crippen MR) is 96.4 cm³/mol. The molecule has 3 aromatic rings. The minimum Gasteiger partial charge on any atom is -0.478 e. The third-order valence-electron chi connectivity index (χ3n) is 3.64. The number of pyridine rings is 1. The van der Waals surface area contributed by atoms with Gasteiger partial charge in [0, 0.05) is 10.9 Å². The van der Waals surface area contributed by atoms with Crippen LogP contribution in [-0.4, -0.2) is 21.8 Å². The van der Waals surface area contributed by atoms with Gasteiger partial charge in [0.05, 0.1) is 22.5 Å². The van der Waals surface area contributed by atoms with Crippen LogP contribution in [0.2, 0.25) is 0 Å². The van der Waals surface area contributed by atoms with Crippen LogP contribution in [-0.2, 0) is 0 Å². The summed E-state index contributed by atoms with van der Waals surface area (Å²) in [5.74, 6) is -1.02. The van der Waals surface area contributed by atoms with Crippen molar-refractivity contribution in [3.8, 4) is 23.4 Å². The molecular formula is C19H11N5O2. The zero-order valence-corrected chi connectivity index (χ0v) is 13.3. The molecule has 7 heteroatoms. The van der Waals surface area contributed by atoms with E-state index in [1.165, 1.54) is 6.07 Å². The summed E-state index contributed by atoms with van der Waals surface area (Å²) in [4.78, 5) is 16.1. The van der Waals surface area contributed by atoms with Gasteiger partial charge in [-0.15, -0.1) is 0 Å². The monoisotopic (exact) mass is 341 g/mol. The number of hydrogen-bond donors (Lipinski definition) is 2. The summed E-state index contributed by atoms with van der Waals surface area (Å²) in [7, 11) is 0. The van der Waals surface area contributed by atoms with Crippen molar-refractivity contribution in [2.45, 2.75) is 0 Å². The van der Waals surface area contributed by atoms with Gasteiger partial charge in [-0.1, -0.05) is 30.3 Å². The average molecular weight is 341 g/mol. The number of rotatable bonds is 4. The number of benzene rings is 2. The van der Waals surface area contributed by atoms with Gasteiger partial charge in [-0.25, -0.2) is 9.78 Å². The molecule has 0 atom stereocenters. The molecule has 0 fully saturated rings. The Labute approximate surface area is 148 Å². The van der Waals surface area contributed by atoms with E-state index in [1.54, 1.807) is 60.7 Å². The average Bonchev–Trinajstić information content (AvgIpc) is 2.68. The van der Waals surface area contributed by atoms with Gasteiger partial charge in [0.25, 0.3) is 0 Å². The lowest BCUT2D eigenvalue weighted by Crippen LogP contribution is -2.00. The van der Waals surface area contributed by atoms with E-state index >= 15 is 0 Å². The highest BCUT2D eigenvalue weighted by Crippen LogP contribution is 2.26. The first-order valence-electron chi connectivity index (χ1n) is 7.50. The van der Waals surface area contributed by atoms with Crippen LogP contribution < -0.4 is 5.43 Å². The number of nitrogens with one attached hydrogen (secondary N) is 1. The van der Waals surface area contributed by atoms with Crippen LogP contribution in [0.4, 0.5) is 5.69 Å². The van der Waals surface area contributed by atoms with E-state index < -0.39 is 5.97 Å². The molecule has 1 heterocycles. The molecule has 0 amide bonds. The maximum Gasteiger partial charge on any atom is 0.336 e. The van der Waals surface area contributed by atoms with Crippen LogP contribution in [0, 0.1) is 22.7 Å². The van der Waals surface area contributed by atoms with Crippen LogP contribution in [0.25, 0.3) is 22.2 Å². The highest BCUT2D eigenvalue weighted by atomic mass is 16.4. The van der Waals surface area contributed by atoms with Crippen LogP contribution in [0.1, 0.15) is 10.4 Å². The number of hydrazone groups is 1. The van der Waals surface area contributed by atoms with Crippen molar-refractivity contribution in [3.05, 3.63) is 60.2 Å². The molecule has 0 unspecified atom stereocenters. The molecule has 124 valence electrons. The number of anilines is 1. The van der Waals surface area contributed by atoms with Crippen molar-refractivity contribution in [1.82, 2.24) is 4.98 Å². The van der Waals surface area contributed by atoms with Crippen molar-refractivity contribution in [2.75, 3.05) is 5.43 Å². The second-order valence-corrected chi connectivity index (χ2v) is 5.25. The first-order valence-corrected chi connectivity index (χ1v) is 7.50. The standard InChI is InChI=1S/C19H11N5O2/c20-10-14(11-21)24-23-13-7-5-12(6-8-13)18-9-16(19(25)26)15-3-1-2-4-17(15)22-18/h1-9,23H,(H,25,26). The van der Waals surface area contributed by atoms with Gasteiger partial charge in [-0.2, -0.15) is 15.6 Å². The molecule has 0 radical (unpaired) electrons. The van der Waals surface area contributed by atoms with Gasteiger partial charge < -0.3 is 5.11 Å². The van der Waals surface area contributed by atoms with Gasteiger partial charge in [0.2, 0.25) is 5.71 Å². The fraction of sp³-hybridized carbons (Fsp3) is 0. The van der Waals surface area contributed by atoms with E-state index in [9.17, 15) is 9.90 Å². The lowest BCUT2D eigenvalue weighted by molar-refractivity contribution is 0.0699. The number of aromatic nitrogens is 1. The summed E-state index contributed by atoms with van der Waals surface area (Å²) in [6.45, 7) is 0. The highest BCUT2D eigenvalue weighted by Gasteiger charge is 2.12. The number of carbonyl (C=O) groups is 1. The molecule has 0 saturated heterocycles. The Morgan fingerprint density at radius 1 is 1.08 bits per heavy atom. The van der Waals surface area contributed by atoms with E-state index in [4.69, 9.17) is 10.5 Å². The SMILES string of the molecule is N#CC(C#N)=NNc1ccc(-c2cc(C(=O)O)c3ccccc3n2)cc1. The Bertz CT molecular complexity index is 1090. The largest absolute Gasteiger partial charge is 0.478 e. The predicted octanol–water partition coefficient (Wildman–Crippen LogP) is 3.42. The summed E-state index contributed by atoms with van der Waals surface area (Å²) in [5, 5.41) is 31.0. The Kier molecular flexibility index (Phi) is 4.55. The molecule has 0 aliphatic heterocycles. The Morgan fingerprint density at radius 2 is 1.77 bits per heavy atom. The smallest absolute Gasteiger partial charge is 0.336 e. The molecule has 0 bridgehead atoms. The topological polar surface area (TPSA) is 122 Å². The third kappa shape index (κ3) is 3.32. The maximum atomic E-state index is 11.6. The second-order valence-electron chi connectivity index (χ2n) is 5.25. The summed E-state index contributed by atoms with van der Waals surface area (Å²) in [6.07, 6.45) is 0. The summed E-state index contributed by atoms with van der Waals surface area (Å²) in [5.41, 5.74) is 4.96. The Balaban J connectivity index is 1.97. The quantitative estimate of drug-likeness (QED) is 0.554. The molecule has 7 nitrogen and oxygen atoms in total. The summed E-state index contributed by atoms with van der Waals surface area (Å²) < 4.78 is 0. The fourth-order valence-corrected chi connectivity index (χ4v) is 2.41.